The zero-order valence-corrected chi connectivity index (χ0v) is 23.3. The van der Waals surface area contributed by atoms with Crippen LogP contribution in [0.2, 0.25) is 10.0 Å². The second kappa shape index (κ2) is 9.95. The van der Waals surface area contributed by atoms with Gasteiger partial charge in [-0.25, -0.2) is 4.79 Å². The van der Waals surface area contributed by atoms with E-state index in [1.54, 1.807) is 24.5 Å². The number of benzene rings is 1. The fourth-order valence-corrected chi connectivity index (χ4v) is 6.86. The minimum absolute atomic E-state index is 0.115. The van der Waals surface area contributed by atoms with E-state index >= 15 is 0 Å². The summed E-state index contributed by atoms with van der Waals surface area (Å²) in [5, 5.41) is 24.8. The summed E-state index contributed by atoms with van der Waals surface area (Å²) in [6.07, 6.45) is 9.67. The van der Waals surface area contributed by atoms with E-state index in [9.17, 15) is 15.0 Å². The zero-order valence-electron chi connectivity index (χ0n) is 21.0. The van der Waals surface area contributed by atoms with Gasteiger partial charge in [-0.05, 0) is 65.9 Å². The summed E-state index contributed by atoms with van der Waals surface area (Å²) in [4.78, 5) is 22.4. The van der Waals surface area contributed by atoms with Crippen LogP contribution in [0, 0.1) is 17.8 Å². The highest BCUT2D eigenvalue weighted by Crippen LogP contribution is 2.54. The summed E-state index contributed by atoms with van der Waals surface area (Å²) in [6, 6.07) is 4.78. The molecule has 40 heavy (non-hydrogen) atoms. The van der Waals surface area contributed by atoms with Crippen LogP contribution in [-0.2, 0) is 6.61 Å². The Morgan fingerprint density at radius 2 is 1.90 bits per heavy atom. The lowest BCUT2D eigenvalue weighted by molar-refractivity contribution is 0.0696. The number of allylic oxidation sites excluding steroid dienone is 1. The van der Waals surface area contributed by atoms with Crippen molar-refractivity contribution in [3.05, 3.63) is 69.2 Å². The summed E-state index contributed by atoms with van der Waals surface area (Å²) < 4.78 is 10.3. The first-order valence-corrected chi connectivity index (χ1v) is 14.5. The monoisotopic (exact) mass is 595 g/mol. The number of rotatable bonds is 8. The number of carboxylic acid groups (broad SMARTS) is 1. The summed E-state index contributed by atoms with van der Waals surface area (Å²) in [7, 11) is 0. The lowest BCUT2D eigenvalue weighted by Crippen LogP contribution is -2.24. The standard InChI is InChI=1S/C28H23Cl2N5O4S/c29-21-8-31-9-22(30)23(21)24-18(25(39-33-24)14-1-2-14)4-3-17-19-10-35(11-20(17)19)28-32-26(40-34-28)15-5-13(12-36)6-16(7-15)27(37)38/h3-9,14,17,19-20,36H,1-2,10-12H2,(H,37,38)/b4-3+. The first kappa shape index (κ1) is 25.6. The van der Waals surface area contributed by atoms with Crippen LogP contribution >= 0.6 is 34.7 Å². The van der Waals surface area contributed by atoms with Crippen LogP contribution in [0.4, 0.5) is 5.95 Å². The van der Waals surface area contributed by atoms with Gasteiger partial charge in [0.1, 0.15) is 16.5 Å². The van der Waals surface area contributed by atoms with Gasteiger partial charge in [-0.1, -0.05) is 40.5 Å². The van der Waals surface area contributed by atoms with Gasteiger partial charge >= 0.3 is 5.97 Å². The molecule has 7 rings (SSSR count). The highest BCUT2D eigenvalue weighted by Gasteiger charge is 2.55. The molecule has 204 valence electrons. The van der Waals surface area contributed by atoms with E-state index in [1.165, 1.54) is 17.6 Å². The fourth-order valence-electron chi connectivity index (χ4n) is 5.65. The van der Waals surface area contributed by atoms with Crippen molar-refractivity contribution in [3.63, 3.8) is 0 Å². The van der Waals surface area contributed by atoms with Crippen molar-refractivity contribution in [2.45, 2.75) is 25.4 Å². The van der Waals surface area contributed by atoms with Gasteiger partial charge in [0, 0.05) is 48.1 Å². The van der Waals surface area contributed by atoms with Gasteiger partial charge in [0.05, 0.1) is 22.2 Å². The lowest BCUT2D eigenvalue weighted by Gasteiger charge is -2.16. The molecule has 12 heteroatoms. The molecular formula is C28H23Cl2N5O4S. The maximum absolute atomic E-state index is 11.5. The molecule has 2 atom stereocenters. The predicted molar refractivity (Wildman–Crippen MR) is 152 cm³/mol. The third kappa shape index (κ3) is 4.58. The van der Waals surface area contributed by atoms with E-state index in [1.807, 2.05) is 0 Å². The third-order valence-electron chi connectivity index (χ3n) is 7.91. The number of piperidine rings is 1. The minimum atomic E-state index is -1.05. The van der Waals surface area contributed by atoms with Crippen molar-refractivity contribution in [1.29, 1.82) is 0 Å². The molecule has 1 aromatic carbocycles. The number of aliphatic hydroxyl groups is 1. The molecule has 4 aromatic rings. The van der Waals surface area contributed by atoms with Crippen LogP contribution in [0.3, 0.4) is 0 Å². The average Bonchev–Trinajstić information content (AvgIpc) is 3.68. The number of hydrogen-bond donors (Lipinski definition) is 2. The molecule has 0 amide bonds. The van der Waals surface area contributed by atoms with Crippen molar-refractivity contribution < 1.29 is 19.5 Å². The van der Waals surface area contributed by atoms with E-state index in [0.717, 1.165) is 37.3 Å². The molecule has 4 heterocycles. The first-order chi connectivity index (χ1) is 19.4. The molecule has 1 aliphatic heterocycles. The normalized spacial score (nSPS) is 21.8. The molecule has 9 nitrogen and oxygen atoms in total. The summed E-state index contributed by atoms with van der Waals surface area (Å²) in [5.74, 6) is 2.31. The predicted octanol–water partition coefficient (Wildman–Crippen LogP) is 6.03. The largest absolute Gasteiger partial charge is 0.478 e. The molecule has 3 aromatic heterocycles. The van der Waals surface area contributed by atoms with Crippen molar-refractivity contribution in [3.8, 4) is 21.8 Å². The summed E-state index contributed by atoms with van der Waals surface area (Å²) in [6.45, 7) is 1.45. The summed E-state index contributed by atoms with van der Waals surface area (Å²) in [5.41, 5.74) is 3.52. The Kier molecular flexibility index (Phi) is 6.38. The molecule has 3 fully saturated rings. The maximum Gasteiger partial charge on any atom is 0.335 e. The second-order valence-corrected chi connectivity index (χ2v) is 12.1. The number of carboxylic acids is 1. The van der Waals surface area contributed by atoms with Gasteiger partial charge in [-0.2, -0.15) is 9.36 Å². The Morgan fingerprint density at radius 3 is 2.58 bits per heavy atom. The Hall–Kier alpha value is -3.31. The van der Waals surface area contributed by atoms with E-state index in [-0.39, 0.29) is 12.2 Å². The van der Waals surface area contributed by atoms with Gasteiger partial charge in [-0.15, -0.1) is 0 Å². The molecule has 0 radical (unpaired) electrons. The number of halogens is 2. The molecule has 2 unspecified atom stereocenters. The fraction of sp³-hybridized carbons (Fsp3) is 0.321. The SMILES string of the molecule is O=C(O)c1cc(CO)cc(-c2nc(N3CC4C(/C=C/c5c(-c6c(Cl)cncc6Cl)noc5C5CC5)C4C3)ns2)c1. The number of pyridine rings is 1. The molecule has 2 saturated carbocycles. The van der Waals surface area contributed by atoms with Crippen LogP contribution in [0.1, 0.15) is 46.0 Å². The van der Waals surface area contributed by atoms with Gasteiger partial charge < -0.3 is 19.6 Å². The quantitative estimate of drug-likeness (QED) is 0.251. The van der Waals surface area contributed by atoms with Gasteiger partial charge in [-0.3, -0.25) is 4.98 Å². The van der Waals surface area contributed by atoms with Crippen molar-refractivity contribution in [2.24, 2.45) is 17.8 Å². The van der Waals surface area contributed by atoms with Crippen molar-refractivity contribution in [2.75, 3.05) is 18.0 Å². The number of anilines is 1. The number of nitrogens with zero attached hydrogens (tertiary/aromatic N) is 5. The number of fused-ring (bicyclic) bond motifs is 1. The smallest absolute Gasteiger partial charge is 0.335 e. The average molecular weight is 596 g/mol. The van der Waals surface area contributed by atoms with Gasteiger partial charge in [0.25, 0.3) is 0 Å². The van der Waals surface area contributed by atoms with Crippen LogP contribution in [0.25, 0.3) is 27.9 Å². The molecular weight excluding hydrogens is 573 g/mol. The zero-order chi connectivity index (χ0) is 27.5. The van der Waals surface area contributed by atoms with E-state index in [2.05, 4.69) is 31.6 Å². The third-order valence-corrected chi connectivity index (χ3v) is 9.23. The highest BCUT2D eigenvalue weighted by atomic mass is 35.5. The van der Waals surface area contributed by atoms with Crippen LogP contribution in [0.5, 0.6) is 0 Å². The van der Waals surface area contributed by atoms with Crippen LogP contribution < -0.4 is 4.90 Å². The maximum atomic E-state index is 11.5. The molecule has 1 saturated heterocycles. The van der Waals surface area contributed by atoms with Gasteiger partial charge in [0.15, 0.2) is 0 Å². The molecule has 2 aliphatic carbocycles. The van der Waals surface area contributed by atoms with E-state index in [0.29, 0.717) is 67.1 Å². The van der Waals surface area contributed by atoms with Crippen LogP contribution in [0.15, 0.2) is 41.2 Å². The number of aliphatic hydroxyl groups excluding tert-OH is 1. The molecule has 0 spiro atoms. The van der Waals surface area contributed by atoms with Crippen molar-refractivity contribution in [1.82, 2.24) is 19.5 Å². The number of aromatic nitrogens is 4. The Bertz CT molecular complexity index is 1630. The first-order valence-electron chi connectivity index (χ1n) is 13.0. The van der Waals surface area contributed by atoms with E-state index < -0.39 is 5.97 Å². The second-order valence-electron chi connectivity index (χ2n) is 10.5. The Morgan fingerprint density at radius 1 is 1.15 bits per heavy atom. The number of hydrogen-bond acceptors (Lipinski definition) is 9. The lowest BCUT2D eigenvalue weighted by atomic mass is 10.0. The highest BCUT2D eigenvalue weighted by molar-refractivity contribution is 7.09. The topological polar surface area (TPSA) is 125 Å². The van der Waals surface area contributed by atoms with Crippen LogP contribution in [-0.4, -0.2) is 48.8 Å². The van der Waals surface area contributed by atoms with Crippen molar-refractivity contribution >= 4 is 52.7 Å². The molecule has 3 aliphatic rings. The molecule has 2 N–H and O–H groups in total. The Labute approximate surface area is 243 Å². The molecule has 0 bridgehead atoms. The van der Waals surface area contributed by atoms with Gasteiger partial charge in [0.2, 0.25) is 5.95 Å². The Balaban J connectivity index is 1.07. The number of aromatic carboxylic acids is 1. The summed E-state index contributed by atoms with van der Waals surface area (Å²) >= 11 is 14.1. The minimum Gasteiger partial charge on any atom is -0.478 e. The van der Waals surface area contributed by atoms with E-state index in [4.69, 9.17) is 32.7 Å². The number of carbonyl (C=O) groups is 1.